The van der Waals surface area contributed by atoms with Crippen LogP contribution in [0.5, 0.6) is 0 Å². The van der Waals surface area contributed by atoms with Gasteiger partial charge in [-0.05, 0) is 25.8 Å². The Morgan fingerprint density at radius 2 is 1.91 bits per heavy atom. The van der Waals surface area contributed by atoms with Gasteiger partial charge >= 0.3 is 0 Å². The lowest BCUT2D eigenvalue weighted by Crippen LogP contribution is -2.34. The second-order valence-electron chi connectivity index (χ2n) is 3.04. The molecular formula is C9H17NO. The number of hydrogen-bond donors (Lipinski definition) is 1. The lowest BCUT2D eigenvalue weighted by molar-refractivity contribution is -0.117. The van der Waals surface area contributed by atoms with Gasteiger partial charge in [-0.2, -0.15) is 0 Å². The maximum Gasteiger partial charge on any atom is 0.243 e. The van der Waals surface area contributed by atoms with Crippen LogP contribution in [0.1, 0.15) is 27.7 Å². The van der Waals surface area contributed by atoms with E-state index in [1.807, 2.05) is 13.8 Å². The van der Waals surface area contributed by atoms with Gasteiger partial charge in [-0.15, -0.1) is 0 Å². The van der Waals surface area contributed by atoms with Crippen LogP contribution in [0.3, 0.4) is 0 Å². The Morgan fingerprint density at radius 3 is 2.27 bits per heavy atom. The van der Waals surface area contributed by atoms with Crippen molar-refractivity contribution in [2.24, 2.45) is 5.92 Å². The van der Waals surface area contributed by atoms with Crippen LogP contribution in [0, 0.1) is 5.92 Å². The molecule has 2 nitrogen and oxygen atoms in total. The molecule has 0 bridgehead atoms. The molecule has 0 aromatic rings. The molecule has 0 saturated carbocycles. The van der Waals surface area contributed by atoms with Crippen molar-refractivity contribution < 1.29 is 4.79 Å². The molecule has 1 N–H and O–H groups in total. The minimum absolute atomic E-state index is 0.00583. The predicted molar refractivity (Wildman–Crippen MR) is 47.3 cm³/mol. The highest BCUT2D eigenvalue weighted by Gasteiger charge is 2.07. The molecule has 0 aliphatic rings. The fourth-order valence-corrected chi connectivity index (χ4v) is 0.591. The number of amides is 1. The van der Waals surface area contributed by atoms with Crippen LogP contribution in [0.2, 0.25) is 0 Å². The molecule has 0 spiro atoms. The Morgan fingerprint density at radius 1 is 1.36 bits per heavy atom. The first-order valence-electron chi connectivity index (χ1n) is 4.01. The van der Waals surface area contributed by atoms with Crippen molar-refractivity contribution in [3.05, 3.63) is 12.2 Å². The summed E-state index contributed by atoms with van der Waals surface area (Å²) in [6.07, 6.45) is 3.28. The molecule has 0 aromatic heterocycles. The third kappa shape index (κ3) is 4.59. The zero-order valence-electron chi connectivity index (χ0n) is 7.72. The van der Waals surface area contributed by atoms with Crippen LogP contribution < -0.4 is 5.32 Å². The highest BCUT2D eigenvalue weighted by atomic mass is 16.1. The Bertz CT molecular complexity index is 150. The molecule has 1 amide bonds. The number of rotatable bonds is 3. The van der Waals surface area contributed by atoms with Crippen molar-refractivity contribution >= 4 is 5.91 Å². The largest absolute Gasteiger partial charge is 0.350 e. The summed E-state index contributed by atoms with van der Waals surface area (Å²) in [5, 5.41) is 2.85. The third-order valence-electron chi connectivity index (χ3n) is 1.69. The number of nitrogens with one attached hydrogen (secondary N) is 1. The van der Waals surface area contributed by atoms with Crippen LogP contribution in [-0.2, 0) is 4.79 Å². The summed E-state index contributed by atoms with van der Waals surface area (Å²) in [5.74, 6) is 0.484. The van der Waals surface area contributed by atoms with E-state index in [2.05, 4.69) is 19.2 Å². The van der Waals surface area contributed by atoms with Crippen LogP contribution in [0.25, 0.3) is 0 Å². The third-order valence-corrected chi connectivity index (χ3v) is 1.69. The van der Waals surface area contributed by atoms with E-state index in [0.717, 1.165) is 0 Å². The number of allylic oxidation sites excluding steroid dienone is 1. The maximum absolute atomic E-state index is 11.0. The predicted octanol–water partition coefficient (Wildman–Crippen LogP) is 1.72. The summed E-state index contributed by atoms with van der Waals surface area (Å²) in [4.78, 5) is 11.0. The van der Waals surface area contributed by atoms with Crippen LogP contribution in [0.4, 0.5) is 0 Å². The first-order valence-corrected chi connectivity index (χ1v) is 4.01. The van der Waals surface area contributed by atoms with E-state index in [-0.39, 0.29) is 11.9 Å². The van der Waals surface area contributed by atoms with Gasteiger partial charge in [-0.3, -0.25) is 4.79 Å². The normalized spacial score (nSPS) is 13.9. The van der Waals surface area contributed by atoms with E-state index >= 15 is 0 Å². The summed E-state index contributed by atoms with van der Waals surface area (Å²) in [6, 6.07) is 0.249. The number of carbonyl (C=O) groups is 1. The monoisotopic (exact) mass is 155 g/mol. The van der Waals surface area contributed by atoms with Gasteiger partial charge in [-0.25, -0.2) is 0 Å². The van der Waals surface area contributed by atoms with Crippen molar-refractivity contribution in [3.63, 3.8) is 0 Å². The van der Waals surface area contributed by atoms with Gasteiger partial charge in [-0.1, -0.05) is 19.9 Å². The molecule has 2 heteroatoms. The fraction of sp³-hybridized carbons (Fsp3) is 0.667. The van der Waals surface area contributed by atoms with Gasteiger partial charge in [0, 0.05) is 6.04 Å². The second-order valence-corrected chi connectivity index (χ2v) is 3.04. The number of hydrogen-bond acceptors (Lipinski definition) is 1. The molecular weight excluding hydrogens is 138 g/mol. The molecule has 0 heterocycles. The first kappa shape index (κ1) is 10.2. The zero-order valence-corrected chi connectivity index (χ0v) is 7.72. The van der Waals surface area contributed by atoms with Crippen LogP contribution in [-0.4, -0.2) is 11.9 Å². The van der Waals surface area contributed by atoms with Crippen LogP contribution in [0.15, 0.2) is 12.2 Å². The maximum atomic E-state index is 11.0. The highest BCUT2D eigenvalue weighted by molar-refractivity contribution is 5.87. The van der Waals surface area contributed by atoms with Gasteiger partial charge in [0.05, 0.1) is 0 Å². The summed E-state index contributed by atoms with van der Waals surface area (Å²) >= 11 is 0. The van der Waals surface area contributed by atoms with E-state index in [4.69, 9.17) is 0 Å². The minimum Gasteiger partial charge on any atom is -0.350 e. The van der Waals surface area contributed by atoms with Gasteiger partial charge in [0.2, 0.25) is 5.91 Å². The summed E-state index contributed by atoms with van der Waals surface area (Å²) in [6.45, 7) is 8.01. The summed E-state index contributed by atoms with van der Waals surface area (Å²) in [7, 11) is 0. The smallest absolute Gasteiger partial charge is 0.243 e. The Hall–Kier alpha value is -0.790. The van der Waals surface area contributed by atoms with E-state index in [9.17, 15) is 4.79 Å². The second kappa shape index (κ2) is 4.94. The Balaban J connectivity index is 3.75. The average molecular weight is 155 g/mol. The first-order chi connectivity index (χ1) is 5.07. The van der Waals surface area contributed by atoms with Gasteiger partial charge in [0.15, 0.2) is 0 Å². The highest BCUT2D eigenvalue weighted by Crippen LogP contribution is 1.98. The molecule has 64 valence electrons. The molecule has 0 aromatic carbocycles. The van der Waals surface area contributed by atoms with Crippen molar-refractivity contribution in [1.29, 1.82) is 0 Å². The van der Waals surface area contributed by atoms with Gasteiger partial charge < -0.3 is 5.32 Å². The lowest BCUT2D eigenvalue weighted by atomic mass is 10.1. The molecule has 0 fully saturated rings. The minimum atomic E-state index is -0.00583. The molecule has 0 aliphatic carbocycles. The topological polar surface area (TPSA) is 29.1 Å². The average Bonchev–Trinajstić information content (AvgIpc) is 1.87. The standard InChI is InChI=1S/C9H17NO/c1-5-6-9(11)10-8(4)7(2)3/h5-8H,1-4H3,(H,10,11)/b6-5+. The molecule has 1 unspecified atom stereocenters. The Kier molecular flexibility index (Phi) is 4.59. The van der Waals surface area contributed by atoms with E-state index in [1.165, 1.54) is 0 Å². The molecule has 0 rings (SSSR count). The van der Waals surface area contributed by atoms with Crippen LogP contribution >= 0.6 is 0 Å². The Labute approximate surface area is 68.7 Å². The zero-order chi connectivity index (χ0) is 8.85. The van der Waals surface area contributed by atoms with Crippen molar-refractivity contribution in [1.82, 2.24) is 5.32 Å². The molecule has 0 saturated heterocycles. The molecule has 0 radical (unpaired) electrons. The number of carbonyl (C=O) groups excluding carboxylic acids is 1. The van der Waals surface area contributed by atoms with Crippen molar-refractivity contribution in [2.45, 2.75) is 33.7 Å². The molecule has 0 aliphatic heterocycles. The SMILES string of the molecule is C/C=C/C(=O)NC(C)C(C)C. The van der Waals surface area contributed by atoms with E-state index in [1.54, 1.807) is 12.2 Å². The summed E-state index contributed by atoms with van der Waals surface area (Å²) in [5.41, 5.74) is 0. The van der Waals surface area contributed by atoms with Gasteiger partial charge in [0.1, 0.15) is 0 Å². The lowest BCUT2D eigenvalue weighted by Gasteiger charge is -2.15. The van der Waals surface area contributed by atoms with Gasteiger partial charge in [0.25, 0.3) is 0 Å². The quantitative estimate of drug-likeness (QED) is 0.618. The molecule has 1 atom stereocenters. The van der Waals surface area contributed by atoms with E-state index in [0.29, 0.717) is 5.92 Å². The van der Waals surface area contributed by atoms with E-state index < -0.39 is 0 Å². The fourth-order valence-electron chi connectivity index (χ4n) is 0.591. The van der Waals surface area contributed by atoms with Crippen molar-refractivity contribution in [3.8, 4) is 0 Å². The molecule has 11 heavy (non-hydrogen) atoms. The van der Waals surface area contributed by atoms with Crippen molar-refractivity contribution in [2.75, 3.05) is 0 Å². The summed E-state index contributed by atoms with van der Waals surface area (Å²) < 4.78 is 0.